The number of nitrogens with one attached hydrogen (secondary N) is 3. The van der Waals surface area contributed by atoms with E-state index in [1.54, 1.807) is 36.4 Å². The van der Waals surface area contributed by atoms with Crippen LogP contribution in [0.15, 0.2) is 47.1 Å². The fraction of sp³-hybridized carbons (Fsp3) is 0.350. The average molecular weight is 369 g/mol. The minimum atomic E-state index is -0.323. The summed E-state index contributed by atoms with van der Waals surface area (Å²) in [7, 11) is 0. The Morgan fingerprint density at radius 3 is 2.22 bits per heavy atom. The number of hydrogen-bond acceptors (Lipinski definition) is 4. The molecule has 0 bridgehead atoms. The van der Waals surface area contributed by atoms with E-state index in [9.17, 15) is 14.4 Å². The third kappa shape index (κ3) is 5.20. The first-order chi connectivity index (χ1) is 13.1. The Balaban J connectivity index is 1.40. The van der Waals surface area contributed by atoms with Crippen LogP contribution in [0.1, 0.15) is 46.6 Å². The summed E-state index contributed by atoms with van der Waals surface area (Å²) in [5, 5.41) is 8.29. The summed E-state index contributed by atoms with van der Waals surface area (Å²) in [6.45, 7) is 0.590. The minimum absolute atomic E-state index is 0.0528. The highest BCUT2D eigenvalue weighted by atomic mass is 16.3. The number of carbonyl (C=O) groups excluding carboxylic acids is 3. The van der Waals surface area contributed by atoms with Gasteiger partial charge in [-0.1, -0.05) is 12.8 Å². The Labute approximate surface area is 157 Å². The van der Waals surface area contributed by atoms with Gasteiger partial charge in [-0.2, -0.15) is 0 Å². The Morgan fingerprint density at radius 1 is 0.926 bits per heavy atom. The van der Waals surface area contributed by atoms with Gasteiger partial charge in [0.25, 0.3) is 11.8 Å². The molecule has 3 N–H and O–H groups in total. The van der Waals surface area contributed by atoms with E-state index in [2.05, 4.69) is 16.0 Å². The lowest BCUT2D eigenvalue weighted by molar-refractivity contribution is -0.119. The molecular weight excluding hydrogens is 346 g/mol. The third-order valence-electron chi connectivity index (χ3n) is 4.58. The van der Waals surface area contributed by atoms with Gasteiger partial charge in [0.2, 0.25) is 5.91 Å². The maximum atomic E-state index is 12.1. The summed E-state index contributed by atoms with van der Waals surface area (Å²) in [5.41, 5.74) is 1.18. The van der Waals surface area contributed by atoms with Crippen molar-refractivity contribution in [1.82, 2.24) is 10.6 Å². The molecule has 1 aromatic carbocycles. The van der Waals surface area contributed by atoms with Gasteiger partial charge in [-0.3, -0.25) is 14.4 Å². The minimum Gasteiger partial charge on any atom is -0.459 e. The molecule has 1 fully saturated rings. The van der Waals surface area contributed by atoms with Crippen LogP contribution in [0.4, 0.5) is 5.69 Å². The van der Waals surface area contributed by atoms with Crippen molar-refractivity contribution in [3.8, 4) is 0 Å². The Morgan fingerprint density at radius 2 is 1.59 bits per heavy atom. The Hall–Kier alpha value is -3.09. The number of anilines is 1. The Bertz CT molecular complexity index is 778. The quantitative estimate of drug-likeness (QED) is 0.653. The van der Waals surface area contributed by atoms with Crippen molar-refractivity contribution in [2.45, 2.75) is 25.7 Å². The summed E-state index contributed by atoms with van der Waals surface area (Å²) in [5.74, 6) is -0.176. The summed E-state index contributed by atoms with van der Waals surface area (Å²) in [6.07, 6.45) is 5.54. The lowest BCUT2D eigenvalue weighted by Crippen LogP contribution is -2.34. The number of furan rings is 1. The zero-order valence-corrected chi connectivity index (χ0v) is 15.0. The molecule has 0 spiro atoms. The van der Waals surface area contributed by atoms with Crippen molar-refractivity contribution in [3.63, 3.8) is 0 Å². The fourth-order valence-electron chi connectivity index (χ4n) is 3.09. The molecule has 0 saturated heterocycles. The van der Waals surface area contributed by atoms with Crippen LogP contribution in [0.3, 0.4) is 0 Å². The van der Waals surface area contributed by atoms with Gasteiger partial charge in [-0.15, -0.1) is 0 Å². The molecule has 0 aliphatic heterocycles. The largest absolute Gasteiger partial charge is 0.459 e. The van der Waals surface area contributed by atoms with E-state index in [0.29, 0.717) is 24.3 Å². The monoisotopic (exact) mass is 369 g/mol. The third-order valence-corrected chi connectivity index (χ3v) is 4.58. The summed E-state index contributed by atoms with van der Waals surface area (Å²) >= 11 is 0. The van der Waals surface area contributed by atoms with Gasteiger partial charge in [0.1, 0.15) is 0 Å². The highest BCUT2D eigenvalue weighted by molar-refractivity contribution is 5.96. The molecule has 3 amide bonds. The molecule has 27 heavy (non-hydrogen) atoms. The highest BCUT2D eigenvalue weighted by Gasteiger charge is 2.22. The van der Waals surface area contributed by atoms with Crippen LogP contribution < -0.4 is 16.0 Å². The van der Waals surface area contributed by atoms with Crippen LogP contribution in [-0.2, 0) is 4.79 Å². The lowest BCUT2D eigenvalue weighted by Gasteiger charge is -2.11. The van der Waals surface area contributed by atoms with Crippen LogP contribution in [0.5, 0.6) is 0 Å². The zero-order chi connectivity index (χ0) is 19.1. The summed E-state index contributed by atoms with van der Waals surface area (Å²) < 4.78 is 4.98. The van der Waals surface area contributed by atoms with E-state index < -0.39 is 0 Å². The van der Waals surface area contributed by atoms with Gasteiger partial charge in [-0.05, 0) is 49.2 Å². The van der Waals surface area contributed by atoms with E-state index in [0.717, 1.165) is 25.7 Å². The van der Waals surface area contributed by atoms with E-state index in [1.165, 1.54) is 6.26 Å². The maximum Gasteiger partial charge on any atom is 0.287 e. The number of rotatable bonds is 7. The normalized spacial score (nSPS) is 13.9. The van der Waals surface area contributed by atoms with Gasteiger partial charge in [0, 0.05) is 30.3 Å². The SMILES string of the molecule is O=C(NCCNC(=O)c1ccco1)c1ccc(NC(=O)C2CCCC2)cc1. The van der Waals surface area contributed by atoms with E-state index in [-0.39, 0.29) is 29.4 Å². The molecule has 1 aliphatic carbocycles. The van der Waals surface area contributed by atoms with Gasteiger partial charge >= 0.3 is 0 Å². The van der Waals surface area contributed by atoms with Crippen molar-refractivity contribution in [3.05, 3.63) is 54.0 Å². The molecule has 1 aromatic heterocycles. The molecule has 1 aliphatic rings. The molecular formula is C20H23N3O4. The lowest BCUT2D eigenvalue weighted by atomic mass is 10.1. The Kier molecular flexibility index (Phi) is 6.25. The standard InChI is InChI=1S/C20H23N3O4/c24-18(21-11-12-22-20(26)17-6-3-13-27-17)15-7-9-16(10-8-15)23-19(25)14-4-1-2-5-14/h3,6-10,13-14H,1-2,4-5,11-12H2,(H,21,24)(H,22,26)(H,23,25). The second kappa shape index (κ2) is 9.02. The maximum absolute atomic E-state index is 12.1. The van der Waals surface area contributed by atoms with Crippen molar-refractivity contribution in [2.24, 2.45) is 5.92 Å². The van der Waals surface area contributed by atoms with Crippen molar-refractivity contribution < 1.29 is 18.8 Å². The van der Waals surface area contributed by atoms with E-state index in [4.69, 9.17) is 4.42 Å². The smallest absolute Gasteiger partial charge is 0.287 e. The van der Waals surface area contributed by atoms with Crippen LogP contribution in [0.2, 0.25) is 0 Å². The topological polar surface area (TPSA) is 100 Å². The van der Waals surface area contributed by atoms with Crippen LogP contribution >= 0.6 is 0 Å². The average Bonchev–Trinajstić information content (AvgIpc) is 3.39. The van der Waals surface area contributed by atoms with Crippen molar-refractivity contribution in [1.29, 1.82) is 0 Å². The molecule has 0 radical (unpaired) electrons. The molecule has 142 valence electrons. The molecule has 0 unspecified atom stereocenters. The number of carbonyl (C=O) groups is 3. The first-order valence-electron chi connectivity index (χ1n) is 9.14. The predicted molar refractivity (Wildman–Crippen MR) is 100 cm³/mol. The van der Waals surface area contributed by atoms with Gasteiger partial charge < -0.3 is 20.4 Å². The summed E-state index contributed by atoms with van der Waals surface area (Å²) in [6, 6.07) is 9.99. The van der Waals surface area contributed by atoms with Crippen molar-refractivity contribution in [2.75, 3.05) is 18.4 Å². The molecule has 1 heterocycles. The molecule has 2 aromatic rings. The summed E-state index contributed by atoms with van der Waals surface area (Å²) in [4.78, 5) is 35.9. The molecule has 7 nitrogen and oxygen atoms in total. The van der Waals surface area contributed by atoms with Gasteiger partial charge in [0.05, 0.1) is 6.26 Å². The first-order valence-corrected chi connectivity index (χ1v) is 9.14. The second-order valence-corrected chi connectivity index (χ2v) is 6.54. The fourth-order valence-corrected chi connectivity index (χ4v) is 3.09. The highest BCUT2D eigenvalue weighted by Crippen LogP contribution is 2.26. The van der Waals surface area contributed by atoms with Crippen LogP contribution in [0.25, 0.3) is 0 Å². The molecule has 3 rings (SSSR count). The number of benzene rings is 1. The first kappa shape index (κ1) is 18.7. The van der Waals surface area contributed by atoms with Crippen LogP contribution in [0, 0.1) is 5.92 Å². The second-order valence-electron chi connectivity index (χ2n) is 6.54. The van der Waals surface area contributed by atoms with Crippen LogP contribution in [-0.4, -0.2) is 30.8 Å². The predicted octanol–water partition coefficient (Wildman–Crippen LogP) is 2.57. The number of amides is 3. The van der Waals surface area contributed by atoms with Gasteiger partial charge in [-0.25, -0.2) is 0 Å². The van der Waals surface area contributed by atoms with Gasteiger partial charge in [0.15, 0.2) is 5.76 Å². The molecule has 0 atom stereocenters. The van der Waals surface area contributed by atoms with E-state index in [1.807, 2.05) is 0 Å². The molecule has 7 heteroatoms. The zero-order valence-electron chi connectivity index (χ0n) is 15.0. The molecule has 1 saturated carbocycles. The van der Waals surface area contributed by atoms with Crippen molar-refractivity contribution >= 4 is 23.4 Å². The number of hydrogen-bond donors (Lipinski definition) is 3. The van der Waals surface area contributed by atoms with E-state index >= 15 is 0 Å².